The van der Waals surface area contributed by atoms with E-state index in [9.17, 15) is 19.5 Å². The summed E-state index contributed by atoms with van der Waals surface area (Å²) in [7, 11) is 0. The van der Waals surface area contributed by atoms with Gasteiger partial charge < -0.3 is 25.4 Å². The van der Waals surface area contributed by atoms with Gasteiger partial charge in [-0.15, -0.1) is 0 Å². The first kappa shape index (κ1) is 23.6. The molecule has 0 radical (unpaired) electrons. The van der Waals surface area contributed by atoms with Gasteiger partial charge in [-0.25, -0.2) is 0 Å². The number of aliphatic hydroxyl groups is 1. The fourth-order valence-electron chi connectivity index (χ4n) is 3.33. The molecule has 3 rings (SSSR count). The van der Waals surface area contributed by atoms with Gasteiger partial charge in [-0.2, -0.15) is 0 Å². The number of hydrogen-bond acceptors (Lipinski definition) is 5. The Morgan fingerprint density at radius 3 is 2.66 bits per heavy atom. The molecule has 3 amide bonds. The van der Waals surface area contributed by atoms with E-state index in [4.69, 9.17) is 16.3 Å². The largest absolute Gasteiger partial charge is 0.484 e. The van der Waals surface area contributed by atoms with Crippen molar-refractivity contribution in [2.75, 3.05) is 29.9 Å². The molecule has 0 unspecified atom stereocenters. The average Bonchev–Trinajstić information content (AvgIpc) is 3.16. The van der Waals surface area contributed by atoms with Crippen molar-refractivity contribution >= 4 is 40.7 Å². The Morgan fingerprint density at radius 2 is 1.97 bits per heavy atom. The topological polar surface area (TPSA) is 108 Å². The lowest BCUT2D eigenvalue weighted by Gasteiger charge is -2.17. The molecule has 1 fully saturated rings. The third-order valence-corrected chi connectivity index (χ3v) is 5.54. The smallest absolute Gasteiger partial charge is 0.262 e. The Balaban J connectivity index is 1.52. The summed E-state index contributed by atoms with van der Waals surface area (Å²) in [4.78, 5) is 38.3. The minimum Gasteiger partial charge on any atom is -0.484 e. The van der Waals surface area contributed by atoms with Crippen molar-refractivity contribution in [3.8, 4) is 5.75 Å². The summed E-state index contributed by atoms with van der Waals surface area (Å²) in [5.41, 5.74) is 2.05. The quantitative estimate of drug-likeness (QED) is 0.562. The van der Waals surface area contributed by atoms with E-state index in [0.29, 0.717) is 22.1 Å². The van der Waals surface area contributed by atoms with Crippen molar-refractivity contribution in [2.24, 2.45) is 5.92 Å². The number of carbonyl (C=O) groups is 3. The van der Waals surface area contributed by atoms with Crippen LogP contribution in [0.25, 0.3) is 0 Å². The molecule has 9 heteroatoms. The second-order valence-corrected chi connectivity index (χ2v) is 8.15. The maximum atomic E-state index is 12.4. The molecule has 1 heterocycles. The molecule has 1 aliphatic heterocycles. The van der Waals surface area contributed by atoms with Crippen molar-refractivity contribution < 1.29 is 24.2 Å². The number of hydrogen-bond donors (Lipinski definition) is 3. The highest BCUT2D eigenvalue weighted by Crippen LogP contribution is 2.27. The van der Waals surface area contributed by atoms with Crippen molar-refractivity contribution in [1.82, 2.24) is 5.32 Å². The molecule has 0 aromatic heterocycles. The Morgan fingerprint density at radius 1 is 1.25 bits per heavy atom. The van der Waals surface area contributed by atoms with Gasteiger partial charge in [0.05, 0.1) is 12.0 Å². The summed E-state index contributed by atoms with van der Waals surface area (Å²) in [6.45, 7) is 3.64. The van der Waals surface area contributed by atoms with Crippen LogP contribution in [0.1, 0.15) is 18.9 Å². The van der Waals surface area contributed by atoms with E-state index in [0.717, 1.165) is 5.56 Å². The van der Waals surface area contributed by atoms with Crippen molar-refractivity contribution in [1.29, 1.82) is 0 Å². The fraction of sp³-hybridized carbons (Fsp3) is 0.348. The lowest BCUT2D eigenvalue weighted by molar-refractivity contribution is -0.126. The normalized spacial score (nSPS) is 16.6. The van der Waals surface area contributed by atoms with Crippen LogP contribution in [0.2, 0.25) is 5.02 Å². The van der Waals surface area contributed by atoms with Crippen LogP contribution in [0.5, 0.6) is 5.75 Å². The van der Waals surface area contributed by atoms with E-state index >= 15 is 0 Å². The summed E-state index contributed by atoms with van der Waals surface area (Å²) in [5, 5.41) is 15.3. The Labute approximate surface area is 191 Å². The molecule has 3 N–H and O–H groups in total. The first-order valence-corrected chi connectivity index (χ1v) is 10.7. The third-order valence-electron chi connectivity index (χ3n) is 5.13. The van der Waals surface area contributed by atoms with E-state index in [-0.39, 0.29) is 43.8 Å². The van der Waals surface area contributed by atoms with Crippen LogP contribution in [0.4, 0.5) is 11.4 Å². The standard InChI is InChI=1S/C23H26ClN3O5/c1-14(28)11-25-23(31)16-10-22(30)27(12-16)17-6-8-18(9-7-17)32-13-21(29)26-20-5-3-4-19(24)15(20)2/h3-9,14,16,28H,10-13H2,1-2H3,(H,25,31)(H,26,29)/t14-,16-/m1/s1. The number of aliphatic hydroxyl groups excluding tert-OH is 1. The number of benzene rings is 2. The number of amides is 3. The van der Waals surface area contributed by atoms with E-state index in [2.05, 4.69) is 10.6 Å². The van der Waals surface area contributed by atoms with Gasteiger partial charge in [0, 0.05) is 35.9 Å². The molecule has 2 atom stereocenters. The maximum Gasteiger partial charge on any atom is 0.262 e. The number of nitrogens with zero attached hydrogens (tertiary/aromatic N) is 1. The number of rotatable bonds is 8. The van der Waals surface area contributed by atoms with Gasteiger partial charge >= 0.3 is 0 Å². The van der Waals surface area contributed by atoms with Crippen molar-refractivity contribution in [2.45, 2.75) is 26.4 Å². The molecule has 0 saturated carbocycles. The van der Waals surface area contributed by atoms with Crippen LogP contribution in [-0.4, -0.2) is 48.6 Å². The molecular formula is C23H26ClN3O5. The molecule has 0 aliphatic carbocycles. The van der Waals surface area contributed by atoms with Gasteiger partial charge in [-0.1, -0.05) is 17.7 Å². The minimum atomic E-state index is -0.642. The summed E-state index contributed by atoms with van der Waals surface area (Å²) in [6, 6.07) is 12.0. The fourth-order valence-corrected chi connectivity index (χ4v) is 3.50. The zero-order chi connectivity index (χ0) is 23.3. The van der Waals surface area contributed by atoms with Crippen LogP contribution in [0, 0.1) is 12.8 Å². The third kappa shape index (κ3) is 5.99. The van der Waals surface area contributed by atoms with Gasteiger partial charge in [0.1, 0.15) is 5.75 Å². The van der Waals surface area contributed by atoms with Crippen LogP contribution >= 0.6 is 11.6 Å². The second-order valence-electron chi connectivity index (χ2n) is 7.74. The molecule has 1 saturated heterocycles. The van der Waals surface area contributed by atoms with E-state index < -0.39 is 12.0 Å². The van der Waals surface area contributed by atoms with E-state index in [1.54, 1.807) is 54.3 Å². The van der Waals surface area contributed by atoms with Crippen LogP contribution < -0.4 is 20.3 Å². The number of anilines is 2. The number of halogens is 1. The van der Waals surface area contributed by atoms with E-state index in [1.807, 2.05) is 6.92 Å². The first-order valence-electron chi connectivity index (χ1n) is 10.3. The average molecular weight is 460 g/mol. The van der Waals surface area contributed by atoms with Crippen molar-refractivity contribution in [3.05, 3.63) is 53.1 Å². The molecule has 170 valence electrons. The lowest BCUT2D eigenvalue weighted by Crippen LogP contribution is -2.36. The van der Waals surface area contributed by atoms with Crippen molar-refractivity contribution in [3.63, 3.8) is 0 Å². The highest BCUT2D eigenvalue weighted by Gasteiger charge is 2.35. The molecule has 32 heavy (non-hydrogen) atoms. The van der Waals surface area contributed by atoms with Gasteiger partial charge in [-0.3, -0.25) is 14.4 Å². The molecule has 2 aromatic carbocycles. The minimum absolute atomic E-state index is 0.118. The highest BCUT2D eigenvalue weighted by molar-refractivity contribution is 6.31. The lowest BCUT2D eigenvalue weighted by atomic mass is 10.1. The number of nitrogens with one attached hydrogen (secondary N) is 2. The number of carbonyl (C=O) groups excluding carboxylic acids is 3. The van der Waals surface area contributed by atoms with E-state index in [1.165, 1.54) is 0 Å². The molecule has 8 nitrogen and oxygen atoms in total. The summed E-state index contributed by atoms with van der Waals surface area (Å²) >= 11 is 6.06. The summed E-state index contributed by atoms with van der Waals surface area (Å²) in [6.07, 6.45) is -0.524. The van der Waals surface area contributed by atoms with Gasteiger partial charge in [0.15, 0.2) is 6.61 Å². The van der Waals surface area contributed by atoms with Gasteiger partial charge in [0.25, 0.3) is 5.91 Å². The molecule has 2 aromatic rings. The zero-order valence-electron chi connectivity index (χ0n) is 17.9. The van der Waals surface area contributed by atoms with Crippen LogP contribution in [-0.2, 0) is 14.4 Å². The SMILES string of the molecule is Cc1c(Cl)cccc1NC(=O)COc1ccc(N2C[C@H](C(=O)NC[C@@H](C)O)CC2=O)cc1. The molecule has 1 aliphatic rings. The zero-order valence-corrected chi connectivity index (χ0v) is 18.7. The van der Waals surface area contributed by atoms with Crippen LogP contribution in [0.3, 0.4) is 0 Å². The summed E-state index contributed by atoms with van der Waals surface area (Å²) < 4.78 is 5.53. The summed E-state index contributed by atoms with van der Waals surface area (Å²) in [5.74, 6) is -0.699. The Hall–Kier alpha value is -3.10. The highest BCUT2D eigenvalue weighted by atomic mass is 35.5. The predicted octanol–water partition coefficient (Wildman–Crippen LogP) is 2.52. The maximum absolute atomic E-state index is 12.4. The molecule has 0 bridgehead atoms. The monoisotopic (exact) mass is 459 g/mol. The molecular weight excluding hydrogens is 434 g/mol. The predicted molar refractivity (Wildman–Crippen MR) is 122 cm³/mol. The Bertz CT molecular complexity index is 994. The van der Waals surface area contributed by atoms with Gasteiger partial charge in [0.2, 0.25) is 11.8 Å². The Kier molecular flexibility index (Phi) is 7.71. The molecule has 0 spiro atoms. The second kappa shape index (κ2) is 10.5. The van der Waals surface area contributed by atoms with Crippen LogP contribution in [0.15, 0.2) is 42.5 Å². The number of ether oxygens (including phenoxy) is 1. The first-order chi connectivity index (χ1) is 15.2. The van der Waals surface area contributed by atoms with Gasteiger partial charge in [-0.05, 0) is 55.8 Å².